The number of pyridine rings is 1. The lowest BCUT2D eigenvalue weighted by Crippen LogP contribution is -2.49. The molecule has 1 atom stereocenters. The predicted octanol–water partition coefficient (Wildman–Crippen LogP) is 0.317. The molecule has 0 aromatic carbocycles. The van der Waals surface area contributed by atoms with Gasteiger partial charge in [0.2, 0.25) is 5.91 Å². The largest absolute Gasteiger partial charge is 0.378 e. The van der Waals surface area contributed by atoms with Crippen molar-refractivity contribution >= 4 is 11.7 Å². The van der Waals surface area contributed by atoms with E-state index in [0.717, 1.165) is 5.56 Å². The summed E-state index contributed by atoms with van der Waals surface area (Å²) in [5.74, 6) is 0.515. The van der Waals surface area contributed by atoms with Gasteiger partial charge >= 0.3 is 0 Å². The van der Waals surface area contributed by atoms with Crippen molar-refractivity contribution in [2.24, 2.45) is 0 Å². The molecule has 0 spiro atoms. The smallest absolute Gasteiger partial charge is 0.245 e. The average Bonchev–Trinajstić information content (AvgIpc) is 2.33. The number of carbonyl (C=O) groups excluding carboxylic acids is 1. The first-order chi connectivity index (χ1) is 7.77. The van der Waals surface area contributed by atoms with Crippen molar-refractivity contribution in [1.82, 2.24) is 10.3 Å². The van der Waals surface area contributed by atoms with E-state index in [0.29, 0.717) is 25.6 Å². The van der Waals surface area contributed by atoms with Crippen molar-refractivity contribution in [2.45, 2.75) is 13.0 Å². The summed E-state index contributed by atoms with van der Waals surface area (Å²) in [4.78, 5) is 15.9. The number of morpholine rings is 1. The Hall–Kier alpha value is -1.46. The molecule has 1 aromatic heterocycles. The Morgan fingerprint density at radius 1 is 1.69 bits per heavy atom. The molecule has 5 heteroatoms. The van der Waals surface area contributed by atoms with Crippen LogP contribution in [0, 0.1) is 6.92 Å². The van der Waals surface area contributed by atoms with Crippen molar-refractivity contribution in [2.75, 3.05) is 25.1 Å². The number of carbonyl (C=O) groups is 1. The summed E-state index contributed by atoms with van der Waals surface area (Å²) in [5, 5.41) is 5.88. The molecule has 1 amide bonds. The van der Waals surface area contributed by atoms with Gasteiger partial charge in [0, 0.05) is 12.7 Å². The lowest BCUT2D eigenvalue weighted by atomic mass is 10.2. The highest BCUT2D eigenvalue weighted by Crippen LogP contribution is 2.09. The fourth-order valence-corrected chi connectivity index (χ4v) is 1.55. The summed E-state index contributed by atoms with van der Waals surface area (Å²) in [5.41, 5.74) is 0.951. The highest BCUT2D eigenvalue weighted by atomic mass is 16.5. The van der Waals surface area contributed by atoms with Crippen LogP contribution in [0.5, 0.6) is 0 Å². The van der Waals surface area contributed by atoms with E-state index >= 15 is 0 Å². The van der Waals surface area contributed by atoms with Gasteiger partial charge in [0.25, 0.3) is 0 Å². The summed E-state index contributed by atoms with van der Waals surface area (Å²) in [6, 6.07) is 3.47. The van der Waals surface area contributed by atoms with Gasteiger partial charge in [0.1, 0.15) is 11.9 Å². The standard InChI is InChI=1S/C11H15N3O2/c1-8-3-2-4-13-10(8)14-11(15)9-7-16-6-5-12-9/h2-4,9,12H,5-7H2,1H3,(H,13,14,15). The van der Waals surface area contributed by atoms with E-state index in [1.165, 1.54) is 0 Å². The molecule has 2 N–H and O–H groups in total. The van der Waals surface area contributed by atoms with Gasteiger partial charge in [-0.15, -0.1) is 0 Å². The molecule has 1 aliphatic rings. The quantitative estimate of drug-likeness (QED) is 0.754. The second-order valence-electron chi connectivity index (χ2n) is 3.74. The second kappa shape index (κ2) is 5.05. The van der Waals surface area contributed by atoms with Crippen LogP contribution in [0.3, 0.4) is 0 Å². The Balaban J connectivity index is 1.99. The summed E-state index contributed by atoms with van der Waals surface area (Å²) in [7, 11) is 0. The molecule has 16 heavy (non-hydrogen) atoms. The number of ether oxygens (including phenoxy) is 1. The van der Waals surface area contributed by atoms with Crippen molar-refractivity contribution in [1.29, 1.82) is 0 Å². The lowest BCUT2D eigenvalue weighted by molar-refractivity contribution is -0.120. The normalized spacial score (nSPS) is 20.4. The van der Waals surface area contributed by atoms with E-state index in [1.54, 1.807) is 6.20 Å². The van der Waals surface area contributed by atoms with Gasteiger partial charge < -0.3 is 15.4 Å². The Labute approximate surface area is 94.2 Å². The van der Waals surface area contributed by atoms with E-state index in [-0.39, 0.29) is 11.9 Å². The molecule has 0 radical (unpaired) electrons. The first kappa shape index (κ1) is 11.0. The minimum Gasteiger partial charge on any atom is -0.378 e. The van der Waals surface area contributed by atoms with Crippen molar-refractivity contribution in [3.63, 3.8) is 0 Å². The van der Waals surface area contributed by atoms with E-state index in [1.807, 2.05) is 19.1 Å². The third-order valence-electron chi connectivity index (χ3n) is 2.49. The Morgan fingerprint density at radius 2 is 2.56 bits per heavy atom. The molecule has 1 aromatic rings. The number of nitrogens with one attached hydrogen (secondary N) is 2. The Kier molecular flexibility index (Phi) is 3.48. The summed E-state index contributed by atoms with van der Waals surface area (Å²) in [6.45, 7) is 3.69. The Bertz CT molecular complexity index is 375. The van der Waals surface area contributed by atoms with Crippen LogP contribution in [-0.4, -0.2) is 36.7 Å². The predicted molar refractivity (Wildman–Crippen MR) is 60.2 cm³/mol. The van der Waals surface area contributed by atoms with Crippen LogP contribution >= 0.6 is 0 Å². The van der Waals surface area contributed by atoms with Gasteiger partial charge in [-0.1, -0.05) is 6.07 Å². The maximum absolute atomic E-state index is 11.8. The van der Waals surface area contributed by atoms with Gasteiger partial charge in [-0.2, -0.15) is 0 Å². The molecule has 5 nitrogen and oxygen atoms in total. The molecule has 2 rings (SSSR count). The monoisotopic (exact) mass is 221 g/mol. The average molecular weight is 221 g/mol. The molecule has 1 unspecified atom stereocenters. The van der Waals surface area contributed by atoms with Gasteiger partial charge in [0.15, 0.2) is 0 Å². The van der Waals surface area contributed by atoms with Gasteiger partial charge in [0.05, 0.1) is 13.2 Å². The van der Waals surface area contributed by atoms with Crippen molar-refractivity contribution < 1.29 is 9.53 Å². The van der Waals surface area contributed by atoms with E-state index < -0.39 is 0 Å². The maximum atomic E-state index is 11.8. The molecule has 0 bridgehead atoms. The number of hydrogen-bond donors (Lipinski definition) is 2. The van der Waals surface area contributed by atoms with Gasteiger partial charge in [-0.25, -0.2) is 4.98 Å². The molecular formula is C11H15N3O2. The molecule has 1 saturated heterocycles. The number of rotatable bonds is 2. The zero-order valence-corrected chi connectivity index (χ0v) is 9.19. The minimum atomic E-state index is -0.282. The molecule has 1 fully saturated rings. The third-order valence-corrected chi connectivity index (χ3v) is 2.49. The highest BCUT2D eigenvalue weighted by Gasteiger charge is 2.21. The fraction of sp³-hybridized carbons (Fsp3) is 0.455. The molecule has 2 heterocycles. The summed E-state index contributed by atoms with van der Waals surface area (Å²) < 4.78 is 5.23. The topological polar surface area (TPSA) is 63.2 Å². The molecule has 1 aliphatic heterocycles. The molecule has 0 saturated carbocycles. The molecule has 86 valence electrons. The fourth-order valence-electron chi connectivity index (χ4n) is 1.55. The van der Waals surface area contributed by atoms with Crippen LogP contribution in [0.4, 0.5) is 5.82 Å². The maximum Gasteiger partial charge on any atom is 0.245 e. The highest BCUT2D eigenvalue weighted by molar-refractivity contribution is 5.94. The number of hydrogen-bond acceptors (Lipinski definition) is 4. The zero-order chi connectivity index (χ0) is 11.4. The number of amides is 1. The van der Waals surface area contributed by atoms with Crippen LogP contribution in [0.25, 0.3) is 0 Å². The van der Waals surface area contributed by atoms with E-state index in [9.17, 15) is 4.79 Å². The SMILES string of the molecule is Cc1cccnc1NC(=O)C1COCCN1. The van der Waals surface area contributed by atoms with Gasteiger partial charge in [-0.3, -0.25) is 4.79 Å². The van der Waals surface area contributed by atoms with E-state index in [2.05, 4.69) is 15.6 Å². The first-order valence-electron chi connectivity index (χ1n) is 5.31. The number of nitrogens with zero attached hydrogens (tertiary/aromatic N) is 1. The Morgan fingerprint density at radius 3 is 3.25 bits per heavy atom. The van der Waals surface area contributed by atoms with Crippen LogP contribution < -0.4 is 10.6 Å². The van der Waals surface area contributed by atoms with Crippen LogP contribution in [0.2, 0.25) is 0 Å². The lowest BCUT2D eigenvalue weighted by Gasteiger charge is -2.22. The van der Waals surface area contributed by atoms with Crippen molar-refractivity contribution in [3.05, 3.63) is 23.9 Å². The number of aryl methyl sites for hydroxylation is 1. The minimum absolute atomic E-state index is 0.0958. The zero-order valence-electron chi connectivity index (χ0n) is 9.19. The first-order valence-corrected chi connectivity index (χ1v) is 5.31. The second-order valence-corrected chi connectivity index (χ2v) is 3.74. The molecular weight excluding hydrogens is 206 g/mol. The third kappa shape index (κ3) is 2.56. The van der Waals surface area contributed by atoms with Crippen LogP contribution in [-0.2, 0) is 9.53 Å². The van der Waals surface area contributed by atoms with Gasteiger partial charge in [-0.05, 0) is 18.6 Å². The summed E-state index contributed by atoms with van der Waals surface area (Å²) in [6.07, 6.45) is 1.66. The van der Waals surface area contributed by atoms with Crippen LogP contribution in [0.1, 0.15) is 5.56 Å². The number of aromatic nitrogens is 1. The van der Waals surface area contributed by atoms with E-state index in [4.69, 9.17) is 4.74 Å². The summed E-state index contributed by atoms with van der Waals surface area (Å²) >= 11 is 0. The van der Waals surface area contributed by atoms with Crippen molar-refractivity contribution in [3.8, 4) is 0 Å². The van der Waals surface area contributed by atoms with Crippen LogP contribution in [0.15, 0.2) is 18.3 Å². The molecule has 0 aliphatic carbocycles. The number of anilines is 1.